The molecule has 3 aromatic rings. The summed E-state index contributed by atoms with van der Waals surface area (Å²) in [6.45, 7) is 5.07. The molecule has 1 aliphatic heterocycles. The second-order valence-electron chi connectivity index (χ2n) is 7.32. The van der Waals surface area contributed by atoms with Crippen molar-refractivity contribution in [1.29, 1.82) is 0 Å². The van der Waals surface area contributed by atoms with Crippen LogP contribution in [0.4, 0.5) is 5.82 Å². The molecule has 0 bridgehead atoms. The molecule has 0 aliphatic carbocycles. The lowest BCUT2D eigenvalue weighted by Crippen LogP contribution is -2.49. The Labute approximate surface area is 179 Å². The Kier molecular flexibility index (Phi) is 5.72. The minimum Gasteiger partial charge on any atom is -0.494 e. The number of carbonyl (C=O) groups is 1. The Bertz CT molecular complexity index is 1030. The second-order valence-corrected chi connectivity index (χ2v) is 8.24. The fraction of sp³-hybridized carbons (Fsp3) is 0.304. The second kappa shape index (κ2) is 8.41. The summed E-state index contributed by atoms with van der Waals surface area (Å²) < 4.78 is 6.53. The van der Waals surface area contributed by atoms with Gasteiger partial charge >= 0.3 is 0 Å². The zero-order valence-electron chi connectivity index (χ0n) is 16.7. The molecular weight excluding hydrogens is 430 g/mol. The van der Waals surface area contributed by atoms with Gasteiger partial charge in [-0.05, 0) is 42.3 Å². The van der Waals surface area contributed by atoms with Gasteiger partial charge in [-0.1, -0.05) is 40.2 Å². The quantitative estimate of drug-likeness (QED) is 0.593. The van der Waals surface area contributed by atoms with Crippen LogP contribution in [0, 0.1) is 6.92 Å². The van der Waals surface area contributed by atoms with Crippen molar-refractivity contribution in [2.75, 3.05) is 38.2 Å². The average Bonchev–Trinajstić information content (AvgIpc) is 2.75. The molecule has 29 heavy (non-hydrogen) atoms. The van der Waals surface area contributed by atoms with Crippen molar-refractivity contribution < 1.29 is 9.53 Å². The summed E-state index contributed by atoms with van der Waals surface area (Å²) in [6.07, 6.45) is 0.442. The molecule has 1 aliphatic rings. The third kappa shape index (κ3) is 4.22. The molecule has 1 amide bonds. The Morgan fingerprint density at radius 2 is 1.83 bits per heavy atom. The molecule has 0 saturated carbocycles. The smallest absolute Gasteiger partial charge is 0.227 e. The van der Waals surface area contributed by atoms with E-state index in [2.05, 4.69) is 39.9 Å². The number of rotatable bonds is 4. The fourth-order valence-corrected chi connectivity index (χ4v) is 4.04. The summed E-state index contributed by atoms with van der Waals surface area (Å²) in [5.74, 6) is 1.91. The van der Waals surface area contributed by atoms with E-state index >= 15 is 0 Å². The number of para-hydroxylation sites is 1. The summed E-state index contributed by atoms with van der Waals surface area (Å²) in [7, 11) is 1.67. The van der Waals surface area contributed by atoms with E-state index in [1.165, 1.54) is 5.56 Å². The lowest BCUT2D eigenvalue weighted by molar-refractivity contribution is -0.130. The molecule has 2 heterocycles. The number of halogens is 1. The molecule has 0 radical (unpaired) electrons. The van der Waals surface area contributed by atoms with Crippen LogP contribution in [0.2, 0.25) is 0 Å². The number of carbonyl (C=O) groups excluding carboxylic acids is 1. The Morgan fingerprint density at radius 1 is 1.10 bits per heavy atom. The van der Waals surface area contributed by atoms with Gasteiger partial charge in [0, 0.05) is 36.0 Å². The molecule has 0 atom stereocenters. The van der Waals surface area contributed by atoms with Crippen LogP contribution < -0.4 is 9.64 Å². The van der Waals surface area contributed by atoms with Gasteiger partial charge in [0.15, 0.2) is 0 Å². The number of aryl methyl sites for hydroxylation is 1. The number of hydrogen-bond acceptors (Lipinski definition) is 4. The first-order valence-corrected chi connectivity index (χ1v) is 10.6. The summed E-state index contributed by atoms with van der Waals surface area (Å²) in [6, 6.07) is 16.1. The van der Waals surface area contributed by atoms with Gasteiger partial charge < -0.3 is 14.5 Å². The number of aromatic nitrogens is 1. The van der Waals surface area contributed by atoms with Crippen molar-refractivity contribution in [2.24, 2.45) is 0 Å². The van der Waals surface area contributed by atoms with Crippen LogP contribution in [-0.2, 0) is 11.2 Å². The predicted molar refractivity (Wildman–Crippen MR) is 120 cm³/mol. The SMILES string of the molecule is COc1cccc2c(C)cc(N3CCN(C(=O)Cc4ccc(Br)cc4)CC3)nc12. The van der Waals surface area contributed by atoms with Crippen molar-refractivity contribution >= 4 is 38.6 Å². The van der Waals surface area contributed by atoms with Gasteiger partial charge in [-0.3, -0.25) is 4.79 Å². The molecule has 4 rings (SSSR count). The van der Waals surface area contributed by atoms with Crippen LogP contribution in [-0.4, -0.2) is 49.1 Å². The van der Waals surface area contributed by atoms with E-state index in [1.807, 2.05) is 41.3 Å². The highest BCUT2D eigenvalue weighted by molar-refractivity contribution is 9.10. The number of hydrogen-bond donors (Lipinski definition) is 0. The maximum absolute atomic E-state index is 12.7. The van der Waals surface area contributed by atoms with Gasteiger partial charge in [-0.15, -0.1) is 0 Å². The summed E-state index contributed by atoms with van der Waals surface area (Å²) in [4.78, 5) is 21.7. The van der Waals surface area contributed by atoms with Crippen molar-refractivity contribution in [2.45, 2.75) is 13.3 Å². The molecule has 5 nitrogen and oxygen atoms in total. The summed E-state index contributed by atoms with van der Waals surface area (Å²) in [5, 5.41) is 1.11. The Balaban J connectivity index is 1.45. The number of fused-ring (bicyclic) bond motifs is 1. The predicted octanol–water partition coefficient (Wildman–Crippen LogP) is 4.21. The molecule has 6 heteroatoms. The topological polar surface area (TPSA) is 45.7 Å². The van der Waals surface area contributed by atoms with Crippen LogP contribution in [0.5, 0.6) is 5.75 Å². The van der Waals surface area contributed by atoms with Crippen LogP contribution in [0.1, 0.15) is 11.1 Å². The number of piperazine rings is 1. The Hall–Kier alpha value is -2.60. The number of benzene rings is 2. The van der Waals surface area contributed by atoms with E-state index in [-0.39, 0.29) is 5.91 Å². The molecule has 0 spiro atoms. The lowest BCUT2D eigenvalue weighted by Gasteiger charge is -2.35. The minimum atomic E-state index is 0.177. The highest BCUT2D eigenvalue weighted by atomic mass is 79.9. The number of amides is 1. The zero-order valence-corrected chi connectivity index (χ0v) is 18.3. The first-order valence-electron chi connectivity index (χ1n) is 9.76. The zero-order chi connectivity index (χ0) is 20.4. The third-order valence-electron chi connectivity index (χ3n) is 5.44. The molecule has 150 valence electrons. The van der Waals surface area contributed by atoms with Crippen LogP contribution in [0.15, 0.2) is 53.0 Å². The Morgan fingerprint density at radius 3 is 2.52 bits per heavy atom. The van der Waals surface area contributed by atoms with Gasteiger partial charge in [0.2, 0.25) is 5.91 Å². The maximum atomic E-state index is 12.7. The van der Waals surface area contributed by atoms with Crippen molar-refractivity contribution in [3.63, 3.8) is 0 Å². The van der Waals surface area contributed by atoms with Crippen LogP contribution in [0.3, 0.4) is 0 Å². The van der Waals surface area contributed by atoms with Crippen LogP contribution >= 0.6 is 15.9 Å². The molecule has 0 N–H and O–H groups in total. The third-order valence-corrected chi connectivity index (χ3v) is 5.97. The highest BCUT2D eigenvalue weighted by Gasteiger charge is 2.22. The molecular formula is C23H24BrN3O2. The first kappa shape index (κ1) is 19.7. The van der Waals surface area contributed by atoms with Gasteiger partial charge in [-0.2, -0.15) is 0 Å². The number of nitrogens with zero attached hydrogens (tertiary/aromatic N) is 3. The summed E-state index contributed by atoms with van der Waals surface area (Å²) >= 11 is 3.43. The normalized spacial score (nSPS) is 14.3. The first-order chi connectivity index (χ1) is 14.0. The number of ether oxygens (including phenoxy) is 1. The van der Waals surface area contributed by atoms with Crippen LogP contribution in [0.25, 0.3) is 10.9 Å². The van der Waals surface area contributed by atoms with E-state index < -0.39 is 0 Å². The molecule has 1 saturated heterocycles. The number of methoxy groups -OCH3 is 1. The van der Waals surface area contributed by atoms with Gasteiger partial charge in [0.25, 0.3) is 0 Å². The largest absolute Gasteiger partial charge is 0.494 e. The highest BCUT2D eigenvalue weighted by Crippen LogP contribution is 2.29. The van der Waals surface area contributed by atoms with Gasteiger partial charge in [0.05, 0.1) is 13.5 Å². The van der Waals surface area contributed by atoms with Gasteiger partial charge in [-0.25, -0.2) is 4.98 Å². The molecule has 2 aromatic carbocycles. The van der Waals surface area contributed by atoms with E-state index in [9.17, 15) is 4.79 Å². The number of pyridine rings is 1. The van der Waals surface area contributed by atoms with Crippen molar-refractivity contribution in [3.05, 3.63) is 64.1 Å². The molecule has 1 fully saturated rings. The van der Waals surface area contributed by atoms with Crippen molar-refractivity contribution in [3.8, 4) is 5.75 Å². The fourth-order valence-electron chi connectivity index (χ4n) is 3.77. The van der Waals surface area contributed by atoms with E-state index in [0.29, 0.717) is 19.5 Å². The van der Waals surface area contributed by atoms with E-state index in [1.54, 1.807) is 7.11 Å². The number of anilines is 1. The molecule has 0 unspecified atom stereocenters. The summed E-state index contributed by atoms with van der Waals surface area (Å²) in [5.41, 5.74) is 3.11. The average molecular weight is 454 g/mol. The lowest BCUT2D eigenvalue weighted by atomic mass is 10.1. The van der Waals surface area contributed by atoms with E-state index in [0.717, 1.165) is 45.6 Å². The standard InChI is InChI=1S/C23H24BrN3O2/c1-16-14-21(25-23-19(16)4-3-5-20(23)29-2)26-10-12-27(13-11-26)22(28)15-17-6-8-18(24)9-7-17/h3-9,14H,10-13,15H2,1-2H3. The minimum absolute atomic E-state index is 0.177. The van der Waals surface area contributed by atoms with E-state index in [4.69, 9.17) is 9.72 Å². The van der Waals surface area contributed by atoms with Gasteiger partial charge in [0.1, 0.15) is 17.1 Å². The van der Waals surface area contributed by atoms with Crippen molar-refractivity contribution in [1.82, 2.24) is 9.88 Å². The monoisotopic (exact) mass is 453 g/mol. The maximum Gasteiger partial charge on any atom is 0.227 e. The molecule has 1 aromatic heterocycles.